The number of hydrogen-bond donors (Lipinski definition) is 1. The van der Waals surface area contributed by atoms with E-state index in [9.17, 15) is 14.4 Å². The molecule has 0 spiro atoms. The van der Waals surface area contributed by atoms with Crippen LogP contribution in [0, 0.1) is 0 Å². The molecule has 1 atom stereocenters. The minimum absolute atomic E-state index is 0.0313. The minimum atomic E-state index is -1.08. The number of benzene rings is 2. The highest BCUT2D eigenvalue weighted by atomic mass is 16.5. The van der Waals surface area contributed by atoms with Gasteiger partial charge in [0.2, 0.25) is 0 Å². The third-order valence-electron chi connectivity index (χ3n) is 4.99. The summed E-state index contributed by atoms with van der Waals surface area (Å²) in [4.78, 5) is 38.7. The molecular weight excluding hydrogens is 344 g/mol. The molecule has 0 bridgehead atoms. The fourth-order valence-corrected chi connectivity index (χ4v) is 3.42. The van der Waals surface area contributed by atoms with E-state index in [1.54, 1.807) is 18.2 Å². The molecule has 1 fully saturated rings. The van der Waals surface area contributed by atoms with Crippen molar-refractivity contribution in [2.75, 3.05) is 7.11 Å². The van der Waals surface area contributed by atoms with Crippen molar-refractivity contribution in [3.63, 3.8) is 0 Å². The molecular formula is C21H22N2O4. The van der Waals surface area contributed by atoms with Crippen LogP contribution in [0.3, 0.4) is 0 Å². The van der Waals surface area contributed by atoms with Gasteiger partial charge in [-0.3, -0.25) is 14.5 Å². The van der Waals surface area contributed by atoms with Crippen LogP contribution in [0.1, 0.15) is 41.8 Å². The van der Waals surface area contributed by atoms with Crippen LogP contribution in [0.25, 0.3) is 0 Å². The van der Waals surface area contributed by atoms with E-state index in [1.165, 1.54) is 18.9 Å². The zero-order chi connectivity index (χ0) is 19.6. The number of carbonyl (C=O) groups is 3. The van der Waals surface area contributed by atoms with Crippen LogP contribution >= 0.6 is 0 Å². The summed E-state index contributed by atoms with van der Waals surface area (Å²) in [5.74, 6) is 0.120. The molecule has 0 saturated carbocycles. The molecule has 2 aromatic rings. The maximum atomic E-state index is 13.2. The molecule has 0 aromatic heterocycles. The molecule has 1 saturated heterocycles. The van der Waals surface area contributed by atoms with Gasteiger partial charge in [-0.15, -0.1) is 0 Å². The van der Waals surface area contributed by atoms with Gasteiger partial charge in [0.25, 0.3) is 5.91 Å². The Morgan fingerprint density at radius 2 is 1.85 bits per heavy atom. The lowest BCUT2D eigenvalue weighted by Gasteiger charge is -2.26. The number of carbonyl (C=O) groups excluding carboxylic acids is 3. The molecule has 6 nitrogen and oxygen atoms in total. The van der Waals surface area contributed by atoms with Crippen LogP contribution in [0.5, 0.6) is 5.75 Å². The van der Waals surface area contributed by atoms with E-state index in [1.807, 2.05) is 37.3 Å². The molecule has 2 aromatic carbocycles. The largest absolute Gasteiger partial charge is 0.496 e. The van der Waals surface area contributed by atoms with Crippen molar-refractivity contribution in [3.8, 4) is 5.75 Å². The predicted molar refractivity (Wildman–Crippen MR) is 100 cm³/mol. The van der Waals surface area contributed by atoms with Gasteiger partial charge in [-0.2, -0.15) is 0 Å². The molecule has 1 heterocycles. The number of urea groups is 1. The summed E-state index contributed by atoms with van der Waals surface area (Å²) >= 11 is 0. The van der Waals surface area contributed by atoms with Gasteiger partial charge in [0.1, 0.15) is 11.3 Å². The Kier molecular flexibility index (Phi) is 4.99. The molecule has 0 radical (unpaired) electrons. The van der Waals surface area contributed by atoms with E-state index in [2.05, 4.69) is 5.32 Å². The SMILES string of the molecule is CCC1(c2ccccc2)NC(=O)N(Cc2cc(C(C)=O)ccc2OC)C1=O. The van der Waals surface area contributed by atoms with E-state index in [-0.39, 0.29) is 18.2 Å². The Morgan fingerprint density at radius 1 is 1.15 bits per heavy atom. The molecule has 3 amide bonds. The minimum Gasteiger partial charge on any atom is -0.496 e. The lowest BCUT2D eigenvalue weighted by atomic mass is 9.87. The van der Waals surface area contributed by atoms with Gasteiger partial charge in [0, 0.05) is 11.1 Å². The first-order valence-electron chi connectivity index (χ1n) is 8.80. The van der Waals surface area contributed by atoms with Gasteiger partial charge in [0.05, 0.1) is 13.7 Å². The van der Waals surface area contributed by atoms with Gasteiger partial charge in [-0.25, -0.2) is 4.79 Å². The Morgan fingerprint density at radius 3 is 2.44 bits per heavy atom. The van der Waals surface area contributed by atoms with Gasteiger partial charge >= 0.3 is 6.03 Å². The summed E-state index contributed by atoms with van der Waals surface area (Å²) in [5, 5.41) is 2.86. The van der Waals surface area contributed by atoms with E-state index in [0.717, 1.165) is 5.56 Å². The molecule has 1 aliphatic heterocycles. The Labute approximate surface area is 158 Å². The molecule has 0 aliphatic carbocycles. The molecule has 1 N–H and O–H groups in total. The van der Waals surface area contributed by atoms with Gasteiger partial charge in [-0.05, 0) is 37.1 Å². The lowest BCUT2D eigenvalue weighted by molar-refractivity contribution is -0.132. The third kappa shape index (κ3) is 3.18. The number of Topliss-reactive ketones (excluding diaryl/α,β-unsaturated/α-hetero) is 1. The second kappa shape index (κ2) is 7.23. The van der Waals surface area contributed by atoms with E-state index in [0.29, 0.717) is 23.3 Å². The van der Waals surface area contributed by atoms with Gasteiger partial charge < -0.3 is 10.1 Å². The zero-order valence-electron chi connectivity index (χ0n) is 15.6. The van der Waals surface area contributed by atoms with Crippen LogP contribution in [-0.2, 0) is 16.9 Å². The summed E-state index contributed by atoms with van der Waals surface area (Å²) in [6, 6.07) is 13.8. The molecule has 3 rings (SSSR count). The van der Waals surface area contributed by atoms with E-state index in [4.69, 9.17) is 4.74 Å². The van der Waals surface area contributed by atoms with Crippen molar-refractivity contribution < 1.29 is 19.1 Å². The summed E-state index contributed by atoms with van der Waals surface area (Å²) in [7, 11) is 1.51. The number of methoxy groups -OCH3 is 1. The molecule has 140 valence electrons. The van der Waals surface area contributed by atoms with Crippen molar-refractivity contribution in [3.05, 3.63) is 65.2 Å². The molecule has 27 heavy (non-hydrogen) atoms. The van der Waals surface area contributed by atoms with Gasteiger partial charge in [0.15, 0.2) is 5.78 Å². The smallest absolute Gasteiger partial charge is 0.325 e. The monoisotopic (exact) mass is 366 g/mol. The predicted octanol–water partition coefficient (Wildman–Crippen LogP) is 3.26. The standard InChI is InChI=1S/C21H22N2O4/c1-4-21(17-8-6-5-7-9-17)19(25)23(20(26)22-21)13-16-12-15(14(2)24)10-11-18(16)27-3/h5-12H,4,13H2,1-3H3,(H,22,26). The Bertz CT molecular complexity index is 894. The normalized spacial score (nSPS) is 19.1. The first kappa shape index (κ1) is 18.6. The van der Waals surface area contributed by atoms with Crippen LogP contribution in [-0.4, -0.2) is 29.7 Å². The first-order valence-corrected chi connectivity index (χ1v) is 8.80. The van der Waals surface area contributed by atoms with E-state index >= 15 is 0 Å². The number of nitrogens with zero attached hydrogens (tertiary/aromatic N) is 1. The zero-order valence-corrected chi connectivity index (χ0v) is 15.6. The second-order valence-electron chi connectivity index (χ2n) is 6.53. The van der Waals surface area contributed by atoms with Crippen LogP contribution in [0.2, 0.25) is 0 Å². The van der Waals surface area contributed by atoms with E-state index < -0.39 is 11.6 Å². The third-order valence-corrected chi connectivity index (χ3v) is 4.99. The number of amides is 3. The highest BCUT2D eigenvalue weighted by Crippen LogP contribution is 2.34. The number of ketones is 1. The van der Waals surface area contributed by atoms with Crippen molar-refractivity contribution in [2.45, 2.75) is 32.4 Å². The fourth-order valence-electron chi connectivity index (χ4n) is 3.42. The fraction of sp³-hybridized carbons (Fsp3) is 0.286. The molecule has 6 heteroatoms. The van der Waals surface area contributed by atoms with Crippen molar-refractivity contribution in [2.24, 2.45) is 0 Å². The van der Waals surface area contributed by atoms with Crippen LogP contribution < -0.4 is 10.1 Å². The van der Waals surface area contributed by atoms with Crippen molar-refractivity contribution in [1.82, 2.24) is 10.2 Å². The number of rotatable bonds is 6. The van der Waals surface area contributed by atoms with Gasteiger partial charge in [-0.1, -0.05) is 37.3 Å². The quantitative estimate of drug-likeness (QED) is 0.629. The summed E-state index contributed by atoms with van der Waals surface area (Å²) < 4.78 is 5.34. The highest BCUT2D eigenvalue weighted by molar-refractivity contribution is 6.07. The topological polar surface area (TPSA) is 75.7 Å². The summed E-state index contributed by atoms with van der Waals surface area (Å²) in [5.41, 5.74) is 0.776. The summed E-state index contributed by atoms with van der Waals surface area (Å²) in [6.45, 7) is 3.37. The van der Waals surface area contributed by atoms with Crippen LogP contribution in [0.15, 0.2) is 48.5 Å². The average molecular weight is 366 g/mol. The number of hydrogen-bond acceptors (Lipinski definition) is 4. The van der Waals surface area contributed by atoms with Crippen molar-refractivity contribution in [1.29, 1.82) is 0 Å². The maximum absolute atomic E-state index is 13.2. The second-order valence-corrected chi connectivity index (χ2v) is 6.53. The Balaban J connectivity index is 1.97. The molecule has 1 unspecified atom stereocenters. The van der Waals surface area contributed by atoms with Crippen molar-refractivity contribution >= 4 is 17.7 Å². The summed E-state index contributed by atoms with van der Waals surface area (Å²) in [6.07, 6.45) is 0.433. The number of nitrogens with one attached hydrogen (secondary N) is 1. The molecule has 1 aliphatic rings. The number of imide groups is 1. The lowest BCUT2D eigenvalue weighted by Crippen LogP contribution is -2.43. The highest BCUT2D eigenvalue weighted by Gasteiger charge is 2.51. The number of ether oxygens (including phenoxy) is 1. The maximum Gasteiger partial charge on any atom is 0.325 e. The van der Waals surface area contributed by atoms with Crippen LogP contribution in [0.4, 0.5) is 4.79 Å². The average Bonchev–Trinajstić information content (AvgIpc) is 2.93. The first-order chi connectivity index (χ1) is 12.9. The Hall–Kier alpha value is -3.15.